The number of fused-ring (bicyclic) bond motifs is 1. The molecule has 1 atom stereocenters. The molecule has 1 aromatic carbocycles. The highest BCUT2D eigenvalue weighted by Crippen LogP contribution is 2.34. The predicted molar refractivity (Wildman–Crippen MR) is 59.3 cm³/mol. The van der Waals surface area contributed by atoms with E-state index < -0.39 is 0 Å². The Bertz CT molecular complexity index is 349. The summed E-state index contributed by atoms with van der Waals surface area (Å²) >= 11 is 0. The van der Waals surface area contributed by atoms with Gasteiger partial charge in [-0.15, -0.1) is 0 Å². The quantitative estimate of drug-likeness (QED) is 0.826. The fourth-order valence-corrected chi connectivity index (χ4v) is 1.78. The second kappa shape index (κ2) is 4.11. The van der Waals surface area contributed by atoms with E-state index in [9.17, 15) is 0 Å². The normalized spacial score (nSPS) is 15.7. The van der Waals surface area contributed by atoms with E-state index in [0.717, 1.165) is 11.5 Å². The van der Waals surface area contributed by atoms with Gasteiger partial charge in [0.25, 0.3) is 0 Å². The van der Waals surface area contributed by atoms with Crippen molar-refractivity contribution in [2.24, 2.45) is 0 Å². The summed E-state index contributed by atoms with van der Waals surface area (Å²) in [6, 6.07) is 6.90. The van der Waals surface area contributed by atoms with Gasteiger partial charge in [-0.1, -0.05) is 19.9 Å². The van der Waals surface area contributed by atoms with Gasteiger partial charge in [-0.25, -0.2) is 0 Å². The highest BCUT2D eigenvalue weighted by Gasteiger charge is 2.15. The van der Waals surface area contributed by atoms with Gasteiger partial charge in [0.2, 0.25) is 6.79 Å². The van der Waals surface area contributed by atoms with Gasteiger partial charge in [0.1, 0.15) is 0 Å². The highest BCUT2D eigenvalue weighted by molar-refractivity contribution is 5.45. The van der Waals surface area contributed by atoms with Crippen molar-refractivity contribution in [1.82, 2.24) is 5.32 Å². The van der Waals surface area contributed by atoms with Crippen LogP contribution < -0.4 is 14.8 Å². The maximum atomic E-state index is 5.34. The lowest BCUT2D eigenvalue weighted by Crippen LogP contribution is -2.25. The van der Waals surface area contributed by atoms with Gasteiger partial charge >= 0.3 is 0 Å². The third-order valence-electron chi connectivity index (χ3n) is 2.48. The van der Waals surface area contributed by atoms with Crippen molar-refractivity contribution in [3.8, 4) is 11.5 Å². The van der Waals surface area contributed by atoms with Crippen LogP contribution in [0.25, 0.3) is 0 Å². The monoisotopic (exact) mass is 207 g/mol. The molecule has 1 unspecified atom stereocenters. The highest BCUT2D eigenvalue weighted by atomic mass is 16.7. The molecule has 0 saturated carbocycles. The summed E-state index contributed by atoms with van der Waals surface area (Å²) in [7, 11) is 0. The zero-order valence-corrected chi connectivity index (χ0v) is 9.41. The van der Waals surface area contributed by atoms with Gasteiger partial charge in [0, 0.05) is 12.1 Å². The molecule has 0 aromatic heterocycles. The number of rotatable bonds is 3. The van der Waals surface area contributed by atoms with E-state index in [1.54, 1.807) is 0 Å². The zero-order chi connectivity index (χ0) is 10.8. The molecule has 1 aliphatic rings. The zero-order valence-electron chi connectivity index (χ0n) is 9.41. The summed E-state index contributed by atoms with van der Waals surface area (Å²) in [6.07, 6.45) is 0. The van der Waals surface area contributed by atoms with E-state index >= 15 is 0 Å². The summed E-state index contributed by atoms with van der Waals surface area (Å²) in [5.74, 6) is 1.69. The van der Waals surface area contributed by atoms with Crippen LogP contribution in [0.15, 0.2) is 18.2 Å². The Hall–Kier alpha value is -1.22. The molecule has 0 bridgehead atoms. The van der Waals surface area contributed by atoms with Gasteiger partial charge in [-0.3, -0.25) is 0 Å². The smallest absolute Gasteiger partial charge is 0.231 e. The maximum Gasteiger partial charge on any atom is 0.231 e. The Morgan fingerprint density at radius 2 is 1.87 bits per heavy atom. The lowest BCUT2D eigenvalue weighted by atomic mass is 10.1. The molecule has 3 nitrogen and oxygen atoms in total. The number of hydrogen-bond donors (Lipinski definition) is 1. The number of nitrogens with one attached hydrogen (secondary N) is 1. The first-order valence-corrected chi connectivity index (χ1v) is 5.32. The third-order valence-corrected chi connectivity index (χ3v) is 2.48. The lowest BCUT2D eigenvalue weighted by molar-refractivity contribution is 0.174. The fraction of sp³-hybridized carbons (Fsp3) is 0.500. The number of benzene rings is 1. The minimum atomic E-state index is 0.333. The summed E-state index contributed by atoms with van der Waals surface area (Å²) in [5, 5.41) is 3.45. The molecule has 0 fully saturated rings. The van der Waals surface area contributed by atoms with Crippen molar-refractivity contribution < 1.29 is 9.47 Å². The SMILES string of the molecule is CC(C)NC(C)c1ccc2c(c1)OCO2. The first-order chi connectivity index (χ1) is 7.16. The molecular formula is C12H17NO2. The molecule has 0 amide bonds. The number of ether oxygens (including phenoxy) is 2. The Labute approximate surface area is 90.4 Å². The van der Waals surface area contributed by atoms with Crippen LogP contribution in [-0.2, 0) is 0 Å². The van der Waals surface area contributed by atoms with Crippen molar-refractivity contribution in [3.05, 3.63) is 23.8 Å². The second-order valence-corrected chi connectivity index (χ2v) is 4.16. The molecule has 82 valence electrons. The van der Waals surface area contributed by atoms with Gasteiger partial charge in [0.05, 0.1) is 0 Å². The average molecular weight is 207 g/mol. The van der Waals surface area contributed by atoms with Crippen LogP contribution in [0.2, 0.25) is 0 Å². The largest absolute Gasteiger partial charge is 0.454 e. The van der Waals surface area contributed by atoms with Crippen molar-refractivity contribution in [2.45, 2.75) is 32.9 Å². The first kappa shape index (κ1) is 10.3. The van der Waals surface area contributed by atoms with Crippen LogP contribution in [0, 0.1) is 0 Å². The lowest BCUT2D eigenvalue weighted by Gasteiger charge is -2.17. The van der Waals surface area contributed by atoms with Crippen LogP contribution >= 0.6 is 0 Å². The van der Waals surface area contributed by atoms with Crippen LogP contribution in [0.4, 0.5) is 0 Å². The molecule has 1 aliphatic heterocycles. The van der Waals surface area contributed by atoms with E-state index in [1.807, 2.05) is 12.1 Å². The minimum absolute atomic E-state index is 0.333. The number of hydrogen-bond acceptors (Lipinski definition) is 3. The molecule has 0 spiro atoms. The van der Waals surface area contributed by atoms with Crippen molar-refractivity contribution in [1.29, 1.82) is 0 Å². The molecule has 1 heterocycles. The maximum absolute atomic E-state index is 5.34. The Morgan fingerprint density at radius 1 is 1.13 bits per heavy atom. The van der Waals surface area contributed by atoms with E-state index in [2.05, 4.69) is 32.2 Å². The molecule has 0 aliphatic carbocycles. The van der Waals surface area contributed by atoms with Crippen molar-refractivity contribution in [2.75, 3.05) is 6.79 Å². The summed E-state index contributed by atoms with van der Waals surface area (Å²) in [5.41, 5.74) is 1.23. The first-order valence-electron chi connectivity index (χ1n) is 5.32. The second-order valence-electron chi connectivity index (χ2n) is 4.16. The minimum Gasteiger partial charge on any atom is -0.454 e. The van der Waals surface area contributed by atoms with Gasteiger partial charge < -0.3 is 14.8 Å². The summed E-state index contributed by atoms with van der Waals surface area (Å²) in [4.78, 5) is 0. The third kappa shape index (κ3) is 2.23. The molecular weight excluding hydrogens is 190 g/mol. The summed E-state index contributed by atoms with van der Waals surface area (Å²) in [6.45, 7) is 6.77. The van der Waals surface area contributed by atoms with Gasteiger partial charge in [-0.2, -0.15) is 0 Å². The Balaban J connectivity index is 2.15. The predicted octanol–water partition coefficient (Wildman–Crippen LogP) is 2.47. The van der Waals surface area contributed by atoms with Crippen molar-refractivity contribution in [3.63, 3.8) is 0 Å². The van der Waals surface area contributed by atoms with Gasteiger partial charge in [-0.05, 0) is 24.6 Å². The van der Waals surface area contributed by atoms with Crippen LogP contribution in [0.5, 0.6) is 11.5 Å². The molecule has 0 saturated heterocycles. The van der Waals surface area contributed by atoms with E-state index in [0.29, 0.717) is 18.9 Å². The van der Waals surface area contributed by atoms with Crippen LogP contribution in [0.1, 0.15) is 32.4 Å². The van der Waals surface area contributed by atoms with E-state index in [-0.39, 0.29) is 0 Å². The Morgan fingerprint density at radius 3 is 2.60 bits per heavy atom. The fourth-order valence-electron chi connectivity index (χ4n) is 1.78. The molecule has 3 heteroatoms. The van der Waals surface area contributed by atoms with E-state index in [1.165, 1.54) is 5.56 Å². The van der Waals surface area contributed by atoms with Gasteiger partial charge in [0.15, 0.2) is 11.5 Å². The summed E-state index contributed by atoms with van der Waals surface area (Å²) < 4.78 is 10.6. The average Bonchev–Trinajstić information content (AvgIpc) is 2.62. The molecule has 2 rings (SSSR count). The van der Waals surface area contributed by atoms with E-state index in [4.69, 9.17) is 9.47 Å². The standard InChI is InChI=1S/C12H17NO2/c1-8(2)13-9(3)10-4-5-11-12(6-10)15-7-14-11/h4-6,8-9,13H,7H2,1-3H3. The van der Waals surface area contributed by atoms with Crippen molar-refractivity contribution >= 4 is 0 Å². The molecule has 15 heavy (non-hydrogen) atoms. The van der Waals surface area contributed by atoms with Crippen LogP contribution in [-0.4, -0.2) is 12.8 Å². The Kier molecular flexibility index (Phi) is 2.82. The topological polar surface area (TPSA) is 30.5 Å². The van der Waals surface area contributed by atoms with Crippen LogP contribution in [0.3, 0.4) is 0 Å². The molecule has 1 N–H and O–H groups in total. The molecule has 1 aromatic rings. The molecule has 0 radical (unpaired) electrons.